The van der Waals surface area contributed by atoms with E-state index in [2.05, 4.69) is 81.3 Å². The van der Waals surface area contributed by atoms with Crippen molar-refractivity contribution in [2.45, 2.75) is 88.6 Å². The largest absolute Gasteiger partial charge is 0.506 e. The Hall–Kier alpha value is -12.0. The van der Waals surface area contributed by atoms with E-state index in [0.717, 1.165) is 91.6 Å². The lowest BCUT2D eigenvalue weighted by Gasteiger charge is -2.05. The topological polar surface area (TPSA) is 252 Å². The van der Waals surface area contributed by atoms with Crippen LogP contribution in [0.25, 0.3) is 21.5 Å². The number of aliphatic imine (C=N–C) groups is 5. The standard InChI is InChI=1S/2C19H16N2O.C16H16N2O.C15H14N2O2.C13H18N2O2/c1-13(17-10-6-11-18(21-17)14(2)22)20-19-12-5-8-15-7-3-4-9-16(15)19;1-13(18-8-5-9-19(21-18)14(2)22)20-17-11-10-15-6-3-4-7-16(15)12-17;1-12(17-11-14-7-4-3-5-8-14)15-9-6-10-16(18-15)13(2)19;1-10(16-14-6-3-4-9-15(14)19)12-7-5-8-13(17-12)11(2)18;1-10(14-8-3-4-9-16)12-6-5-7-13(15-12)11(2)17/h2*3-12H,1-2H3;3-10H,11H2,1-2H3;3-9,19H,1-2H3;5-7,16H,3-4,8-9H2,1-2H3. The molecule has 0 radical (unpaired) electrons. The Kier molecular flexibility index (Phi) is 28.5. The number of nitrogens with zero attached hydrogens (tertiary/aromatic N) is 10. The molecule has 0 atom stereocenters. The van der Waals surface area contributed by atoms with Gasteiger partial charge in [-0.3, -0.25) is 43.9 Å². The van der Waals surface area contributed by atoms with E-state index in [1.165, 1.54) is 40.0 Å². The number of carbonyl (C=O) groups excluding carboxylic acids is 5. The van der Waals surface area contributed by atoms with Gasteiger partial charge in [-0.2, -0.15) is 0 Å². The number of fused-ring (bicyclic) bond motifs is 2. The van der Waals surface area contributed by atoms with Crippen LogP contribution in [0, 0.1) is 0 Å². The van der Waals surface area contributed by atoms with Crippen molar-refractivity contribution in [3.8, 4) is 5.75 Å². The summed E-state index contributed by atoms with van der Waals surface area (Å²) in [7, 11) is 0. The molecule has 0 aliphatic heterocycles. The molecule has 2 N–H and O–H groups in total. The van der Waals surface area contributed by atoms with Gasteiger partial charge < -0.3 is 10.2 Å². The fraction of sp³-hybridized carbons (Fsp3) is 0.183. The number of aliphatic hydroxyl groups is 1. The second kappa shape index (κ2) is 38.0. The molecule has 0 aliphatic rings. The molecule has 500 valence electrons. The molecule has 17 nitrogen and oxygen atoms in total. The van der Waals surface area contributed by atoms with Gasteiger partial charge in [-0.1, -0.05) is 140 Å². The third-order valence-electron chi connectivity index (χ3n) is 14.9. The normalized spacial score (nSPS) is 11.5. The zero-order valence-corrected chi connectivity index (χ0v) is 57.4. The van der Waals surface area contributed by atoms with Crippen molar-refractivity contribution in [2.24, 2.45) is 25.0 Å². The van der Waals surface area contributed by atoms with E-state index < -0.39 is 0 Å². The minimum Gasteiger partial charge on any atom is -0.506 e. The number of aromatic hydroxyl groups is 1. The van der Waals surface area contributed by atoms with E-state index in [0.29, 0.717) is 58.7 Å². The van der Waals surface area contributed by atoms with Crippen LogP contribution in [-0.2, 0) is 6.54 Å². The molecule has 0 saturated heterocycles. The van der Waals surface area contributed by atoms with E-state index in [-0.39, 0.29) is 41.3 Å². The summed E-state index contributed by atoms with van der Waals surface area (Å²) < 4.78 is 0. The average molecular weight is 1320 g/mol. The zero-order chi connectivity index (χ0) is 71.2. The number of phenols is 1. The van der Waals surface area contributed by atoms with E-state index in [1.54, 1.807) is 73.7 Å². The number of benzene rings is 6. The maximum absolute atomic E-state index is 11.5. The number of carbonyl (C=O) groups is 5. The van der Waals surface area contributed by atoms with Crippen molar-refractivity contribution in [3.63, 3.8) is 0 Å². The Morgan fingerprint density at radius 2 is 0.687 bits per heavy atom. The van der Waals surface area contributed by atoms with Crippen molar-refractivity contribution in [1.29, 1.82) is 0 Å². The molecule has 11 rings (SSSR count). The summed E-state index contributed by atoms with van der Waals surface area (Å²) in [5.41, 5.74) is 13.2. The van der Waals surface area contributed by atoms with E-state index >= 15 is 0 Å². The SMILES string of the molecule is CC(=O)c1cccc(C(C)=NCCCCO)n1.CC(=O)c1cccc(C(C)=NCc2ccccc2)n1.CC(=O)c1cccc(C(C)=Nc2ccc3ccccc3c2)n1.CC(=O)c1cccc(C(C)=Nc2cccc3ccccc23)n1.CC(=O)c1cccc(C(C)=Nc2ccccc2O)n1. The van der Waals surface area contributed by atoms with Gasteiger partial charge in [0.25, 0.3) is 0 Å². The molecule has 0 aliphatic carbocycles. The molecular weight excluding hydrogens is 1240 g/mol. The number of hydrogen-bond acceptors (Lipinski definition) is 17. The highest BCUT2D eigenvalue weighted by Crippen LogP contribution is 2.28. The van der Waals surface area contributed by atoms with Crippen LogP contribution in [0.15, 0.2) is 255 Å². The van der Waals surface area contributed by atoms with Gasteiger partial charge >= 0.3 is 0 Å². The highest BCUT2D eigenvalue weighted by atomic mass is 16.3. The van der Waals surface area contributed by atoms with Gasteiger partial charge in [0.1, 0.15) is 39.9 Å². The summed E-state index contributed by atoms with van der Waals surface area (Å²) in [6, 6.07) is 72.2. The van der Waals surface area contributed by atoms with Crippen LogP contribution in [0.1, 0.15) is 169 Å². The van der Waals surface area contributed by atoms with Crippen LogP contribution < -0.4 is 0 Å². The third kappa shape index (κ3) is 23.4. The van der Waals surface area contributed by atoms with Gasteiger partial charge in [0.15, 0.2) is 28.9 Å². The number of hydrogen-bond donors (Lipinski definition) is 2. The van der Waals surface area contributed by atoms with Crippen LogP contribution in [0.5, 0.6) is 5.75 Å². The summed E-state index contributed by atoms with van der Waals surface area (Å²) >= 11 is 0. The molecular formula is C82H80N10O7. The number of ketones is 5. The molecule has 0 amide bonds. The number of pyridine rings is 5. The van der Waals surface area contributed by atoms with Crippen LogP contribution in [0.2, 0.25) is 0 Å². The Morgan fingerprint density at radius 1 is 0.323 bits per heavy atom. The Morgan fingerprint density at radius 3 is 1.16 bits per heavy atom. The highest BCUT2D eigenvalue weighted by molar-refractivity contribution is 6.05. The van der Waals surface area contributed by atoms with Gasteiger partial charge in [-0.05, 0) is 160 Å². The average Bonchev–Trinajstić information content (AvgIpc) is 0.878. The van der Waals surface area contributed by atoms with Crippen molar-refractivity contribution >= 4 is 96.1 Å². The van der Waals surface area contributed by atoms with E-state index in [1.807, 2.05) is 155 Å². The van der Waals surface area contributed by atoms with Crippen molar-refractivity contribution in [3.05, 3.63) is 293 Å². The molecule has 11 aromatic rings. The number of unbranched alkanes of at least 4 members (excludes halogenated alkanes) is 1. The van der Waals surface area contributed by atoms with Crippen molar-refractivity contribution < 1.29 is 34.2 Å². The molecule has 99 heavy (non-hydrogen) atoms. The number of rotatable bonds is 19. The quantitative estimate of drug-likeness (QED) is 0.0436. The monoisotopic (exact) mass is 1320 g/mol. The first-order chi connectivity index (χ1) is 47.7. The lowest BCUT2D eigenvalue weighted by molar-refractivity contribution is 0.100. The Balaban J connectivity index is 0.000000175. The summed E-state index contributed by atoms with van der Waals surface area (Å²) in [5, 5.41) is 22.9. The maximum atomic E-state index is 11.5. The summed E-state index contributed by atoms with van der Waals surface area (Å²) in [5.74, 6) is -0.125. The van der Waals surface area contributed by atoms with Crippen molar-refractivity contribution in [2.75, 3.05) is 13.2 Å². The number of para-hydroxylation sites is 2. The first-order valence-electron chi connectivity index (χ1n) is 32.2. The lowest BCUT2D eigenvalue weighted by atomic mass is 10.1. The minimum atomic E-state index is -0.0859. The van der Waals surface area contributed by atoms with Crippen LogP contribution in [0.4, 0.5) is 17.1 Å². The minimum absolute atomic E-state index is 0.0299. The molecule has 17 heteroatoms. The fourth-order valence-electron chi connectivity index (χ4n) is 9.42. The molecule has 0 bridgehead atoms. The molecule has 6 aromatic carbocycles. The van der Waals surface area contributed by atoms with Crippen LogP contribution >= 0.6 is 0 Å². The molecule has 0 fully saturated rings. The van der Waals surface area contributed by atoms with Crippen molar-refractivity contribution in [1.82, 2.24) is 24.9 Å². The highest BCUT2D eigenvalue weighted by Gasteiger charge is 2.11. The van der Waals surface area contributed by atoms with Gasteiger partial charge in [0, 0.05) is 53.2 Å². The van der Waals surface area contributed by atoms with Gasteiger partial charge in [0.2, 0.25) is 0 Å². The Bertz CT molecular complexity index is 4800. The molecule has 0 saturated carbocycles. The number of Topliss-reactive ketones (excluding diaryl/α,β-unsaturated/α-hetero) is 5. The number of aliphatic hydroxyl groups excluding tert-OH is 1. The predicted octanol–water partition coefficient (Wildman–Crippen LogP) is 17.4. The molecule has 5 heterocycles. The molecule has 5 aromatic heterocycles. The zero-order valence-electron chi connectivity index (χ0n) is 57.4. The Labute approximate surface area is 577 Å². The van der Waals surface area contributed by atoms with E-state index in [4.69, 9.17) is 10.1 Å². The number of phenolic OH excluding ortho intramolecular Hbond substituents is 1. The van der Waals surface area contributed by atoms with E-state index in [9.17, 15) is 29.1 Å². The summed E-state index contributed by atoms with van der Waals surface area (Å²) in [4.78, 5) is 101. The first-order valence-corrected chi connectivity index (χ1v) is 32.2. The lowest BCUT2D eigenvalue weighted by Crippen LogP contribution is -2.05. The van der Waals surface area contributed by atoms with Gasteiger partial charge in [-0.15, -0.1) is 0 Å². The summed E-state index contributed by atoms with van der Waals surface area (Å²) in [6.45, 7) is 18.4. The first kappa shape index (κ1) is 74.4. The van der Waals surface area contributed by atoms with Gasteiger partial charge in [-0.25, -0.2) is 29.9 Å². The maximum Gasteiger partial charge on any atom is 0.178 e. The van der Waals surface area contributed by atoms with Crippen LogP contribution in [0.3, 0.4) is 0 Å². The van der Waals surface area contributed by atoms with Gasteiger partial charge in [0.05, 0.1) is 74.9 Å². The smallest absolute Gasteiger partial charge is 0.178 e. The predicted molar refractivity (Wildman–Crippen MR) is 399 cm³/mol. The third-order valence-corrected chi connectivity index (χ3v) is 14.9. The second-order valence-corrected chi connectivity index (χ2v) is 22.7. The summed E-state index contributed by atoms with van der Waals surface area (Å²) in [6.07, 6.45) is 1.62. The van der Waals surface area contributed by atoms with Crippen LogP contribution in [-0.4, -0.2) is 106 Å². The number of aromatic nitrogens is 5. The molecule has 0 unspecified atom stereocenters. The molecule has 0 spiro atoms. The fourth-order valence-corrected chi connectivity index (χ4v) is 9.42. The second-order valence-electron chi connectivity index (χ2n) is 22.7.